The summed E-state index contributed by atoms with van der Waals surface area (Å²) in [7, 11) is 1.27. The van der Waals surface area contributed by atoms with Crippen molar-refractivity contribution in [1.29, 1.82) is 0 Å². The molecule has 0 saturated carbocycles. The molecule has 2 aromatic rings. The molecule has 160 valence electrons. The number of halogens is 1. The zero-order valence-corrected chi connectivity index (χ0v) is 17.9. The van der Waals surface area contributed by atoms with Gasteiger partial charge in [-0.25, -0.2) is 14.0 Å². The Morgan fingerprint density at radius 3 is 2.00 bits per heavy atom. The van der Waals surface area contributed by atoms with Crippen LogP contribution in [0.4, 0.5) is 9.18 Å². The molecule has 0 fully saturated rings. The zero-order valence-electron chi connectivity index (χ0n) is 17.9. The molecule has 1 N–H and O–H groups in total. The van der Waals surface area contributed by atoms with Gasteiger partial charge >= 0.3 is 12.1 Å². The van der Waals surface area contributed by atoms with Gasteiger partial charge in [0.1, 0.15) is 17.5 Å². The van der Waals surface area contributed by atoms with Crippen molar-refractivity contribution in [3.63, 3.8) is 0 Å². The lowest BCUT2D eigenvalue weighted by Crippen LogP contribution is -2.47. The minimum atomic E-state index is -0.960. The molecule has 0 aliphatic heterocycles. The van der Waals surface area contributed by atoms with Crippen molar-refractivity contribution < 1.29 is 23.5 Å². The average Bonchev–Trinajstić information content (AvgIpc) is 2.69. The molecule has 2 atom stereocenters. The van der Waals surface area contributed by atoms with Crippen LogP contribution in [0.5, 0.6) is 0 Å². The second-order valence-electron chi connectivity index (χ2n) is 7.83. The Balaban J connectivity index is 2.32. The van der Waals surface area contributed by atoms with E-state index in [-0.39, 0.29) is 5.82 Å². The molecule has 0 aromatic heterocycles. The van der Waals surface area contributed by atoms with E-state index in [1.54, 1.807) is 32.9 Å². The number of hydrogen-bond donors (Lipinski definition) is 1. The van der Waals surface area contributed by atoms with Crippen molar-refractivity contribution in [2.45, 2.75) is 45.3 Å². The van der Waals surface area contributed by atoms with E-state index in [0.29, 0.717) is 0 Å². The van der Waals surface area contributed by atoms with E-state index in [0.717, 1.165) is 16.7 Å². The number of hydrogen-bond acceptors (Lipinski definition) is 4. The van der Waals surface area contributed by atoms with Gasteiger partial charge in [-0.1, -0.05) is 48.6 Å². The van der Waals surface area contributed by atoms with E-state index in [4.69, 9.17) is 9.47 Å². The van der Waals surface area contributed by atoms with E-state index >= 15 is 0 Å². The van der Waals surface area contributed by atoms with Gasteiger partial charge < -0.3 is 14.8 Å². The zero-order chi connectivity index (χ0) is 22.3. The van der Waals surface area contributed by atoms with Crippen LogP contribution in [0, 0.1) is 5.82 Å². The fourth-order valence-electron chi connectivity index (χ4n) is 3.02. The SMILES string of the molecule is CC=C[C@@H](c1ccc(-c2ccc(F)cc2)cc1)[C@H](NC(=O)OC(C)(C)C)C(=O)OC. The normalized spacial score (nSPS) is 13.5. The second-order valence-corrected chi connectivity index (χ2v) is 7.83. The predicted molar refractivity (Wildman–Crippen MR) is 115 cm³/mol. The number of amides is 1. The van der Waals surface area contributed by atoms with Crippen LogP contribution in [0.15, 0.2) is 60.7 Å². The fourth-order valence-corrected chi connectivity index (χ4v) is 3.02. The maximum Gasteiger partial charge on any atom is 0.408 e. The summed E-state index contributed by atoms with van der Waals surface area (Å²) in [6.45, 7) is 7.08. The number of rotatable bonds is 6. The Morgan fingerprint density at radius 1 is 1.00 bits per heavy atom. The molecule has 5 nitrogen and oxygen atoms in total. The first-order valence-corrected chi connectivity index (χ1v) is 9.70. The Bertz CT molecular complexity index is 883. The first-order valence-electron chi connectivity index (χ1n) is 9.70. The molecular formula is C24H28FNO4. The molecule has 0 spiro atoms. The van der Waals surface area contributed by atoms with Gasteiger partial charge in [0.2, 0.25) is 0 Å². The smallest absolute Gasteiger partial charge is 0.408 e. The predicted octanol–water partition coefficient (Wildman–Crippen LogP) is 5.22. The average molecular weight is 413 g/mol. The molecule has 2 rings (SSSR count). The summed E-state index contributed by atoms with van der Waals surface area (Å²) < 4.78 is 23.4. The van der Waals surface area contributed by atoms with Crippen LogP contribution in [0.1, 0.15) is 39.2 Å². The molecule has 0 bridgehead atoms. The highest BCUT2D eigenvalue weighted by atomic mass is 19.1. The maximum absolute atomic E-state index is 13.2. The first kappa shape index (κ1) is 23.1. The Labute approximate surface area is 176 Å². The second kappa shape index (κ2) is 10.1. The maximum atomic E-state index is 13.2. The lowest BCUT2D eigenvalue weighted by atomic mass is 9.89. The molecule has 0 saturated heterocycles. The summed E-state index contributed by atoms with van der Waals surface area (Å²) in [5.41, 5.74) is 1.90. The number of benzene rings is 2. The van der Waals surface area contributed by atoms with Gasteiger partial charge in [-0.2, -0.15) is 0 Å². The summed E-state index contributed by atoms with van der Waals surface area (Å²) >= 11 is 0. The van der Waals surface area contributed by atoms with Gasteiger partial charge in [0, 0.05) is 5.92 Å². The lowest BCUT2D eigenvalue weighted by Gasteiger charge is -2.26. The van der Waals surface area contributed by atoms with Crippen molar-refractivity contribution >= 4 is 12.1 Å². The van der Waals surface area contributed by atoms with Crippen LogP contribution < -0.4 is 5.32 Å². The Morgan fingerprint density at radius 2 is 1.53 bits per heavy atom. The number of allylic oxidation sites excluding steroid dienone is 1. The topological polar surface area (TPSA) is 64.6 Å². The third-order valence-corrected chi connectivity index (χ3v) is 4.36. The monoisotopic (exact) mass is 413 g/mol. The molecule has 0 unspecified atom stereocenters. The van der Waals surface area contributed by atoms with Crippen LogP contribution in [-0.2, 0) is 14.3 Å². The largest absolute Gasteiger partial charge is 0.467 e. The number of esters is 1. The molecule has 0 aliphatic carbocycles. The first-order chi connectivity index (χ1) is 14.1. The molecule has 30 heavy (non-hydrogen) atoms. The molecule has 2 aromatic carbocycles. The number of carbonyl (C=O) groups excluding carboxylic acids is 2. The van der Waals surface area contributed by atoms with Crippen LogP contribution in [0.25, 0.3) is 11.1 Å². The Hall–Kier alpha value is -3.15. The van der Waals surface area contributed by atoms with Gasteiger partial charge in [0.15, 0.2) is 0 Å². The standard InChI is InChI=1S/C24H28FNO4/c1-6-7-20(21(22(27)29-5)26-23(28)30-24(2,3)4)18-10-8-16(9-11-18)17-12-14-19(25)15-13-17/h6-15,20-21H,1-5H3,(H,26,28)/t20-,21-/m0/s1. The van der Waals surface area contributed by atoms with Crippen molar-refractivity contribution in [2.75, 3.05) is 7.11 Å². The minimum absolute atomic E-state index is 0.294. The molecule has 0 radical (unpaired) electrons. The summed E-state index contributed by atoms with van der Waals surface area (Å²) in [6, 6.07) is 12.8. The summed E-state index contributed by atoms with van der Waals surface area (Å²) in [4.78, 5) is 24.8. The van der Waals surface area contributed by atoms with Gasteiger partial charge in [0.25, 0.3) is 0 Å². The van der Waals surface area contributed by atoms with Crippen LogP contribution in [-0.4, -0.2) is 30.8 Å². The summed E-state index contributed by atoms with van der Waals surface area (Å²) in [5.74, 6) is -1.33. The number of ether oxygens (including phenoxy) is 2. The lowest BCUT2D eigenvalue weighted by molar-refractivity contribution is -0.143. The molecular weight excluding hydrogens is 385 g/mol. The quantitative estimate of drug-likeness (QED) is 0.521. The molecule has 0 aliphatic rings. The van der Waals surface area contributed by atoms with Gasteiger partial charge in [0.05, 0.1) is 7.11 Å². The highest BCUT2D eigenvalue weighted by Gasteiger charge is 2.32. The van der Waals surface area contributed by atoms with Crippen LogP contribution >= 0.6 is 0 Å². The number of carbonyl (C=O) groups is 2. The fraction of sp³-hybridized carbons (Fsp3) is 0.333. The van der Waals surface area contributed by atoms with Gasteiger partial charge in [-0.05, 0) is 56.5 Å². The van der Waals surface area contributed by atoms with Gasteiger partial charge in [-0.3, -0.25) is 0 Å². The van der Waals surface area contributed by atoms with E-state index < -0.39 is 29.6 Å². The molecule has 6 heteroatoms. The summed E-state index contributed by atoms with van der Waals surface area (Å²) in [5, 5.41) is 2.63. The van der Waals surface area contributed by atoms with E-state index in [9.17, 15) is 14.0 Å². The number of methoxy groups -OCH3 is 1. The van der Waals surface area contributed by atoms with Crippen molar-refractivity contribution in [3.8, 4) is 11.1 Å². The molecule has 0 heterocycles. The molecule has 1 amide bonds. The van der Waals surface area contributed by atoms with Crippen LogP contribution in [0.3, 0.4) is 0 Å². The minimum Gasteiger partial charge on any atom is -0.467 e. The number of nitrogens with one attached hydrogen (secondary N) is 1. The van der Waals surface area contributed by atoms with E-state index in [2.05, 4.69) is 5.32 Å². The third-order valence-electron chi connectivity index (χ3n) is 4.36. The van der Waals surface area contributed by atoms with Crippen molar-refractivity contribution in [1.82, 2.24) is 5.32 Å². The van der Waals surface area contributed by atoms with E-state index in [1.165, 1.54) is 19.2 Å². The highest BCUT2D eigenvalue weighted by molar-refractivity contribution is 5.83. The van der Waals surface area contributed by atoms with Crippen LogP contribution in [0.2, 0.25) is 0 Å². The van der Waals surface area contributed by atoms with Crippen molar-refractivity contribution in [2.24, 2.45) is 0 Å². The Kier molecular flexibility index (Phi) is 7.75. The third kappa shape index (κ3) is 6.44. The van der Waals surface area contributed by atoms with Gasteiger partial charge in [-0.15, -0.1) is 0 Å². The summed E-state index contributed by atoms with van der Waals surface area (Å²) in [6.07, 6.45) is 2.94. The number of alkyl carbamates (subject to hydrolysis) is 1. The van der Waals surface area contributed by atoms with Crippen molar-refractivity contribution in [3.05, 3.63) is 72.1 Å². The van der Waals surface area contributed by atoms with E-state index in [1.807, 2.05) is 43.3 Å². The highest BCUT2D eigenvalue weighted by Crippen LogP contribution is 2.27.